The first-order valence-electron chi connectivity index (χ1n) is 8.49. The average Bonchev–Trinajstić information content (AvgIpc) is 3.29. The summed E-state index contributed by atoms with van der Waals surface area (Å²) in [7, 11) is -3.22. The van der Waals surface area contributed by atoms with E-state index in [0.29, 0.717) is 0 Å². The van der Waals surface area contributed by atoms with Gasteiger partial charge in [-0.3, -0.25) is 0 Å². The monoisotopic (exact) mass is 345 g/mol. The molecule has 0 radical (unpaired) electrons. The minimum atomic E-state index is -3.22. The van der Waals surface area contributed by atoms with Crippen molar-refractivity contribution in [1.29, 1.82) is 0 Å². The molecule has 24 heavy (non-hydrogen) atoms. The highest BCUT2D eigenvalue weighted by molar-refractivity contribution is 7.90. The van der Waals surface area contributed by atoms with E-state index in [4.69, 9.17) is 0 Å². The molecule has 6 heteroatoms. The highest BCUT2D eigenvalue weighted by atomic mass is 32.2. The lowest BCUT2D eigenvalue weighted by atomic mass is 9.74. The molecule has 1 N–H and O–H groups in total. The van der Waals surface area contributed by atoms with Crippen LogP contribution in [0, 0.1) is 5.41 Å². The van der Waals surface area contributed by atoms with E-state index in [0.717, 1.165) is 42.6 Å². The number of aromatic nitrogens is 2. The largest absolute Gasteiger partial charge is 0.237 e. The maximum atomic E-state index is 12.4. The molecule has 1 aromatic carbocycles. The molecule has 2 aromatic rings. The van der Waals surface area contributed by atoms with Crippen molar-refractivity contribution in [2.45, 2.75) is 50.8 Å². The second kappa shape index (κ2) is 5.43. The first-order valence-corrected chi connectivity index (χ1v) is 10.0. The summed E-state index contributed by atoms with van der Waals surface area (Å²) in [5.41, 5.74) is 3.17. The van der Waals surface area contributed by atoms with Crippen LogP contribution in [0.1, 0.15) is 50.4 Å². The zero-order chi connectivity index (χ0) is 16.9. The Labute approximate surface area is 143 Å². The van der Waals surface area contributed by atoms with Crippen LogP contribution >= 0.6 is 0 Å². The molecular formula is C18H23N3O2S. The predicted octanol–water partition coefficient (Wildman–Crippen LogP) is 2.97. The molecule has 0 saturated heterocycles. The fraction of sp³-hybridized carbons (Fsp3) is 0.500. The van der Waals surface area contributed by atoms with Gasteiger partial charge in [-0.2, -0.15) is 5.10 Å². The lowest BCUT2D eigenvalue weighted by molar-refractivity contribution is 0.268. The van der Waals surface area contributed by atoms with Crippen LogP contribution in [0.5, 0.6) is 0 Å². The molecule has 0 aliphatic heterocycles. The van der Waals surface area contributed by atoms with E-state index in [2.05, 4.69) is 23.7 Å². The van der Waals surface area contributed by atoms with Crippen molar-refractivity contribution < 1.29 is 8.42 Å². The lowest BCUT2D eigenvalue weighted by Crippen LogP contribution is -2.38. The number of hydrogen-bond acceptors (Lipinski definition) is 3. The fourth-order valence-corrected chi connectivity index (χ4v) is 5.17. The highest BCUT2D eigenvalue weighted by Gasteiger charge is 2.41. The Bertz CT molecular complexity index is 852. The third-order valence-corrected chi connectivity index (χ3v) is 6.91. The Morgan fingerprint density at radius 3 is 2.58 bits per heavy atom. The number of fused-ring (bicyclic) bond motifs is 1. The predicted molar refractivity (Wildman–Crippen MR) is 93.5 cm³/mol. The quantitative estimate of drug-likeness (QED) is 0.926. The molecule has 1 heterocycles. The molecule has 0 amide bonds. The van der Waals surface area contributed by atoms with Crippen LogP contribution in [0.4, 0.5) is 0 Å². The van der Waals surface area contributed by atoms with Gasteiger partial charge < -0.3 is 0 Å². The van der Waals surface area contributed by atoms with Crippen molar-refractivity contribution >= 4 is 10.0 Å². The van der Waals surface area contributed by atoms with Crippen LogP contribution in [0.3, 0.4) is 0 Å². The Morgan fingerprint density at radius 2 is 1.92 bits per heavy atom. The second-order valence-corrected chi connectivity index (χ2v) is 9.75. The van der Waals surface area contributed by atoms with Gasteiger partial charge in [-0.1, -0.05) is 32.0 Å². The van der Waals surface area contributed by atoms with Crippen molar-refractivity contribution in [3.63, 3.8) is 0 Å². The zero-order valence-corrected chi connectivity index (χ0v) is 14.9. The van der Waals surface area contributed by atoms with Gasteiger partial charge in [0.2, 0.25) is 10.0 Å². The Kier molecular flexibility index (Phi) is 3.58. The van der Waals surface area contributed by atoms with Crippen molar-refractivity contribution in [3.05, 3.63) is 47.8 Å². The van der Waals surface area contributed by atoms with Crippen LogP contribution < -0.4 is 4.72 Å². The van der Waals surface area contributed by atoms with E-state index in [-0.39, 0.29) is 16.7 Å². The van der Waals surface area contributed by atoms with E-state index >= 15 is 0 Å². The minimum absolute atomic E-state index is 0.0241. The minimum Gasteiger partial charge on any atom is -0.237 e. The van der Waals surface area contributed by atoms with Crippen molar-refractivity contribution in [2.24, 2.45) is 5.41 Å². The molecule has 2 aliphatic rings. The van der Waals surface area contributed by atoms with Gasteiger partial charge in [0, 0.05) is 11.3 Å². The number of nitrogens with one attached hydrogen (secondary N) is 1. The first-order chi connectivity index (χ1) is 11.4. The van der Waals surface area contributed by atoms with E-state index in [9.17, 15) is 8.42 Å². The summed E-state index contributed by atoms with van der Waals surface area (Å²) in [6.07, 6.45) is 5.08. The highest BCUT2D eigenvalue weighted by Crippen LogP contribution is 2.42. The molecule has 5 nitrogen and oxygen atoms in total. The van der Waals surface area contributed by atoms with Crippen LogP contribution in [0.15, 0.2) is 36.5 Å². The van der Waals surface area contributed by atoms with E-state index in [1.807, 2.05) is 41.2 Å². The molecule has 4 rings (SSSR count). The number of rotatable bonds is 4. The Morgan fingerprint density at radius 1 is 1.21 bits per heavy atom. The van der Waals surface area contributed by atoms with Gasteiger partial charge in [-0.15, -0.1) is 0 Å². The summed E-state index contributed by atoms with van der Waals surface area (Å²) in [5.74, 6) is 0. The van der Waals surface area contributed by atoms with E-state index in [1.54, 1.807) is 0 Å². The molecule has 1 atom stereocenters. The third kappa shape index (κ3) is 2.89. The fourth-order valence-electron chi connectivity index (χ4n) is 3.61. The van der Waals surface area contributed by atoms with Crippen LogP contribution in [0.25, 0.3) is 5.69 Å². The Balaban J connectivity index is 1.73. The smallest absolute Gasteiger partial charge is 0.215 e. The second-order valence-electron chi connectivity index (χ2n) is 7.75. The lowest BCUT2D eigenvalue weighted by Gasteiger charge is -2.35. The molecule has 1 saturated carbocycles. The summed E-state index contributed by atoms with van der Waals surface area (Å²) in [6, 6.07) is 9.83. The number of sulfonamides is 1. The Hall–Kier alpha value is -1.66. The van der Waals surface area contributed by atoms with E-state index in [1.165, 1.54) is 0 Å². The normalized spacial score (nSPS) is 23.0. The van der Waals surface area contributed by atoms with Crippen LogP contribution in [0.2, 0.25) is 0 Å². The molecular weight excluding hydrogens is 322 g/mol. The van der Waals surface area contributed by atoms with Gasteiger partial charge in [0.1, 0.15) is 0 Å². The van der Waals surface area contributed by atoms with Gasteiger partial charge in [0.05, 0.1) is 23.2 Å². The molecule has 0 spiro atoms. The van der Waals surface area contributed by atoms with Gasteiger partial charge >= 0.3 is 0 Å². The standard InChI is InChI=1S/C18H23N3O2S/c1-18(2)10-16(20-24(22,23)14-8-9-14)15-12-19-21(17(15)11-18)13-6-4-3-5-7-13/h3-7,12,14,16,20H,8-11H2,1-2H3/t16-/m1/s1. The zero-order valence-electron chi connectivity index (χ0n) is 14.1. The number of nitrogens with zero attached hydrogens (tertiary/aromatic N) is 2. The van der Waals surface area contributed by atoms with Crippen molar-refractivity contribution in [2.75, 3.05) is 0 Å². The molecule has 1 aromatic heterocycles. The summed E-state index contributed by atoms with van der Waals surface area (Å²) in [4.78, 5) is 0. The third-order valence-electron chi connectivity index (χ3n) is 4.95. The summed E-state index contributed by atoms with van der Waals surface area (Å²) < 4.78 is 29.7. The number of para-hydroxylation sites is 1. The number of benzene rings is 1. The first kappa shape index (κ1) is 15.8. The summed E-state index contributed by atoms with van der Waals surface area (Å²) in [6.45, 7) is 4.38. The topological polar surface area (TPSA) is 64.0 Å². The summed E-state index contributed by atoms with van der Waals surface area (Å²) in [5, 5.41) is 4.36. The van der Waals surface area contributed by atoms with Gasteiger partial charge in [-0.05, 0) is 43.2 Å². The van der Waals surface area contributed by atoms with Crippen LogP contribution in [-0.4, -0.2) is 23.4 Å². The van der Waals surface area contributed by atoms with Crippen molar-refractivity contribution in [1.82, 2.24) is 14.5 Å². The van der Waals surface area contributed by atoms with Gasteiger partial charge in [0.15, 0.2) is 0 Å². The number of hydrogen-bond donors (Lipinski definition) is 1. The molecule has 2 aliphatic carbocycles. The molecule has 128 valence electrons. The van der Waals surface area contributed by atoms with Crippen molar-refractivity contribution in [3.8, 4) is 5.69 Å². The van der Waals surface area contributed by atoms with Gasteiger partial charge in [-0.25, -0.2) is 17.8 Å². The maximum Gasteiger partial charge on any atom is 0.215 e. The maximum absolute atomic E-state index is 12.4. The molecule has 0 unspecified atom stereocenters. The SMILES string of the molecule is CC1(C)Cc2c(cnn2-c2ccccc2)[C@H](NS(=O)(=O)C2CC2)C1. The molecule has 0 bridgehead atoms. The van der Waals surface area contributed by atoms with E-state index < -0.39 is 10.0 Å². The van der Waals surface area contributed by atoms with Crippen LogP contribution in [-0.2, 0) is 16.4 Å². The molecule has 1 fully saturated rings. The summed E-state index contributed by atoms with van der Waals surface area (Å²) >= 11 is 0. The van der Waals surface area contributed by atoms with Gasteiger partial charge in [0.25, 0.3) is 0 Å². The average molecular weight is 345 g/mol.